The first-order chi connectivity index (χ1) is 10.1. The van der Waals surface area contributed by atoms with Gasteiger partial charge in [0, 0.05) is 32.2 Å². The SMILES string of the molecule is CCCCC[C@H](c1cc(C)c(O)c(C)c1)N1CCNCC1.Cl.Cl. The van der Waals surface area contributed by atoms with Gasteiger partial charge >= 0.3 is 0 Å². The summed E-state index contributed by atoms with van der Waals surface area (Å²) >= 11 is 0. The summed E-state index contributed by atoms with van der Waals surface area (Å²) in [5, 5.41) is 13.5. The molecule has 1 aromatic rings. The van der Waals surface area contributed by atoms with E-state index in [0.717, 1.165) is 37.3 Å². The molecule has 1 fully saturated rings. The molecule has 3 nitrogen and oxygen atoms in total. The first-order valence-electron chi connectivity index (χ1n) is 8.38. The van der Waals surface area contributed by atoms with E-state index in [1.807, 2.05) is 13.8 Å². The molecular formula is C18H32Cl2N2O. The first kappa shape index (κ1) is 22.5. The second-order valence-electron chi connectivity index (χ2n) is 6.30. The Kier molecular flexibility index (Phi) is 10.9. The predicted molar refractivity (Wildman–Crippen MR) is 103 cm³/mol. The van der Waals surface area contributed by atoms with Crippen molar-refractivity contribution in [3.05, 3.63) is 28.8 Å². The van der Waals surface area contributed by atoms with Gasteiger partial charge in [0.2, 0.25) is 0 Å². The number of hydrogen-bond donors (Lipinski definition) is 2. The number of rotatable bonds is 6. The molecule has 0 unspecified atom stereocenters. The number of halogens is 2. The number of benzene rings is 1. The van der Waals surface area contributed by atoms with Crippen LogP contribution in [0, 0.1) is 13.8 Å². The topological polar surface area (TPSA) is 35.5 Å². The molecule has 1 atom stereocenters. The maximum absolute atomic E-state index is 10.0. The van der Waals surface area contributed by atoms with E-state index in [0.29, 0.717) is 11.8 Å². The molecule has 23 heavy (non-hydrogen) atoms. The van der Waals surface area contributed by atoms with Crippen molar-refractivity contribution in [2.24, 2.45) is 0 Å². The highest BCUT2D eigenvalue weighted by atomic mass is 35.5. The van der Waals surface area contributed by atoms with Crippen LogP contribution >= 0.6 is 24.8 Å². The molecule has 0 aromatic heterocycles. The zero-order chi connectivity index (χ0) is 15.2. The Bertz CT molecular complexity index is 439. The van der Waals surface area contributed by atoms with Crippen molar-refractivity contribution in [1.29, 1.82) is 0 Å². The fourth-order valence-corrected chi connectivity index (χ4v) is 3.32. The number of aryl methyl sites for hydroxylation is 2. The fourth-order valence-electron chi connectivity index (χ4n) is 3.32. The molecule has 2 rings (SSSR count). The molecule has 0 amide bonds. The summed E-state index contributed by atoms with van der Waals surface area (Å²) in [5.41, 5.74) is 3.38. The van der Waals surface area contributed by atoms with Crippen molar-refractivity contribution < 1.29 is 5.11 Å². The molecule has 1 aromatic carbocycles. The normalized spacial score (nSPS) is 16.3. The van der Waals surface area contributed by atoms with Crippen LogP contribution in [-0.2, 0) is 0 Å². The average Bonchev–Trinajstić information content (AvgIpc) is 2.50. The summed E-state index contributed by atoms with van der Waals surface area (Å²) in [4.78, 5) is 2.61. The summed E-state index contributed by atoms with van der Waals surface area (Å²) in [7, 11) is 0. The minimum Gasteiger partial charge on any atom is -0.507 e. The van der Waals surface area contributed by atoms with Crippen molar-refractivity contribution >= 4 is 24.8 Å². The molecule has 1 saturated heterocycles. The largest absolute Gasteiger partial charge is 0.507 e. The smallest absolute Gasteiger partial charge is 0.121 e. The lowest BCUT2D eigenvalue weighted by molar-refractivity contribution is 0.162. The monoisotopic (exact) mass is 362 g/mol. The average molecular weight is 363 g/mol. The van der Waals surface area contributed by atoms with E-state index < -0.39 is 0 Å². The molecule has 1 aliphatic rings. The van der Waals surface area contributed by atoms with Crippen LogP contribution in [0.5, 0.6) is 5.75 Å². The zero-order valence-corrected chi connectivity index (χ0v) is 16.2. The summed E-state index contributed by atoms with van der Waals surface area (Å²) < 4.78 is 0. The molecular weight excluding hydrogens is 331 g/mol. The number of nitrogens with one attached hydrogen (secondary N) is 1. The van der Waals surface area contributed by atoms with Gasteiger partial charge in [-0.2, -0.15) is 0 Å². The summed E-state index contributed by atoms with van der Waals surface area (Å²) in [6.07, 6.45) is 5.07. The van der Waals surface area contributed by atoms with Crippen LogP contribution in [0.2, 0.25) is 0 Å². The summed E-state index contributed by atoms with van der Waals surface area (Å²) in [5.74, 6) is 0.450. The number of piperazine rings is 1. The first-order valence-corrected chi connectivity index (χ1v) is 8.38. The minimum atomic E-state index is 0. The molecule has 1 aliphatic heterocycles. The highest BCUT2D eigenvalue weighted by Gasteiger charge is 2.22. The van der Waals surface area contributed by atoms with Crippen LogP contribution in [0.3, 0.4) is 0 Å². The van der Waals surface area contributed by atoms with Crippen LogP contribution in [-0.4, -0.2) is 36.2 Å². The molecule has 1 heterocycles. The van der Waals surface area contributed by atoms with Gasteiger partial charge in [0.25, 0.3) is 0 Å². The summed E-state index contributed by atoms with van der Waals surface area (Å²) in [6.45, 7) is 10.7. The number of nitrogens with zero attached hydrogens (tertiary/aromatic N) is 1. The minimum absolute atomic E-state index is 0. The number of hydrogen-bond acceptors (Lipinski definition) is 3. The van der Waals surface area contributed by atoms with E-state index in [4.69, 9.17) is 0 Å². The van der Waals surface area contributed by atoms with Gasteiger partial charge < -0.3 is 10.4 Å². The Morgan fingerprint density at radius 3 is 2.17 bits per heavy atom. The van der Waals surface area contributed by atoms with Crippen molar-refractivity contribution in [1.82, 2.24) is 10.2 Å². The quantitative estimate of drug-likeness (QED) is 0.737. The van der Waals surface area contributed by atoms with Crippen LogP contribution in [0.15, 0.2) is 12.1 Å². The molecule has 134 valence electrons. The van der Waals surface area contributed by atoms with E-state index in [-0.39, 0.29) is 24.8 Å². The van der Waals surface area contributed by atoms with E-state index in [1.165, 1.54) is 31.2 Å². The molecule has 2 N–H and O–H groups in total. The van der Waals surface area contributed by atoms with Gasteiger partial charge in [-0.05, 0) is 37.0 Å². The third kappa shape index (κ3) is 6.15. The van der Waals surface area contributed by atoms with E-state index in [2.05, 4.69) is 29.3 Å². The zero-order valence-electron chi connectivity index (χ0n) is 14.6. The predicted octanol–water partition coefficient (Wildman–Crippen LogP) is 4.38. The molecule has 0 aliphatic carbocycles. The number of phenolic OH excluding ortho intramolecular Hbond substituents is 1. The van der Waals surface area contributed by atoms with Crippen LogP contribution in [0.4, 0.5) is 0 Å². The lowest BCUT2D eigenvalue weighted by atomic mass is 9.94. The molecule has 5 heteroatoms. The van der Waals surface area contributed by atoms with E-state index in [9.17, 15) is 5.11 Å². The standard InChI is InChI=1S/C18H30N2O.2ClH/c1-4-5-6-7-17(20-10-8-19-9-11-20)16-12-14(2)18(21)15(3)13-16;;/h12-13,17,19,21H,4-11H2,1-3H3;2*1H/t17-;;/m1../s1. The van der Waals surface area contributed by atoms with Crippen molar-refractivity contribution in [3.8, 4) is 5.75 Å². The van der Waals surface area contributed by atoms with Crippen molar-refractivity contribution in [2.45, 2.75) is 52.5 Å². The molecule has 0 saturated carbocycles. The highest BCUT2D eigenvalue weighted by molar-refractivity contribution is 5.85. The Labute approximate surface area is 153 Å². The Morgan fingerprint density at radius 1 is 1.09 bits per heavy atom. The van der Waals surface area contributed by atoms with Gasteiger partial charge in [0.05, 0.1) is 0 Å². The van der Waals surface area contributed by atoms with Crippen molar-refractivity contribution in [3.63, 3.8) is 0 Å². The number of unbranched alkanes of at least 4 members (excludes halogenated alkanes) is 2. The van der Waals surface area contributed by atoms with E-state index >= 15 is 0 Å². The van der Waals surface area contributed by atoms with Gasteiger partial charge in [-0.15, -0.1) is 24.8 Å². The maximum atomic E-state index is 10.0. The second-order valence-corrected chi connectivity index (χ2v) is 6.30. The summed E-state index contributed by atoms with van der Waals surface area (Å²) in [6, 6.07) is 4.86. The highest BCUT2D eigenvalue weighted by Crippen LogP contribution is 2.32. The van der Waals surface area contributed by atoms with Crippen LogP contribution in [0.25, 0.3) is 0 Å². The Morgan fingerprint density at radius 2 is 1.65 bits per heavy atom. The fraction of sp³-hybridized carbons (Fsp3) is 0.667. The van der Waals surface area contributed by atoms with Gasteiger partial charge in [-0.25, -0.2) is 0 Å². The molecule has 0 bridgehead atoms. The van der Waals surface area contributed by atoms with E-state index in [1.54, 1.807) is 0 Å². The van der Waals surface area contributed by atoms with Gasteiger partial charge in [0.1, 0.15) is 5.75 Å². The molecule has 0 spiro atoms. The Hall–Kier alpha value is -0.480. The lowest BCUT2D eigenvalue weighted by Crippen LogP contribution is -2.45. The number of aromatic hydroxyl groups is 1. The molecule has 0 radical (unpaired) electrons. The second kappa shape index (κ2) is 11.1. The number of phenols is 1. The van der Waals surface area contributed by atoms with Crippen molar-refractivity contribution in [2.75, 3.05) is 26.2 Å². The van der Waals surface area contributed by atoms with Gasteiger partial charge in [-0.1, -0.05) is 38.3 Å². The third-order valence-electron chi connectivity index (χ3n) is 4.57. The Balaban J connectivity index is 0.00000242. The van der Waals surface area contributed by atoms with Gasteiger partial charge in [-0.3, -0.25) is 4.90 Å². The van der Waals surface area contributed by atoms with Crippen LogP contribution < -0.4 is 5.32 Å². The lowest BCUT2D eigenvalue weighted by Gasteiger charge is -2.35. The third-order valence-corrected chi connectivity index (χ3v) is 4.57. The maximum Gasteiger partial charge on any atom is 0.121 e. The van der Waals surface area contributed by atoms with Crippen LogP contribution in [0.1, 0.15) is 55.3 Å². The van der Waals surface area contributed by atoms with Gasteiger partial charge in [0.15, 0.2) is 0 Å².